The third-order valence-corrected chi connectivity index (χ3v) is 3.77. The Hall–Kier alpha value is -2.33. The molecule has 2 aromatic carbocycles. The van der Waals surface area contributed by atoms with Crippen molar-refractivity contribution >= 4 is 5.91 Å². The smallest absolute Gasteiger partial charge is 0.251 e. The highest BCUT2D eigenvalue weighted by molar-refractivity contribution is 5.96. The molecule has 21 heavy (non-hydrogen) atoms. The van der Waals surface area contributed by atoms with E-state index in [2.05, 4.69) is 16.7 Å². The summed E-state index contributed by atoms with van der Waals surface area (Å²) in [5, 5.41) is 15.5. The molecule has 3 N–H and O–H groups in total. The fourth-order valence-electron chi connectivity index (χ4n) is 2.64. The van der Waals surface area contributed by atoms with Crippen LogP contribution in [0.1, 0.15) is 27.0 Å². The molecule has 1 aliphatic heterocycles. The summed E-state index contributed by atoms with van der Waals surface area (Å²) in [6, 6.07) is 12.7. The van der Waals surface area contributed by atoms with Crippen LogP contribution in [0.3, 0.4) is 0 Å². The first-order valence-corrected chi connectivity index (χ1v) is 7.11. The summed E-state index contributed by atoms with van der Waals surface area (Å²) in [4.78, 5) is 12.4. The minimum Gasteiger partial charge on any atom is -0.508 e. The van der Waals surface area contributed by atoms with Gasteiger partial charge in [0.2, 0.25) is 0 Å². The second kappa shape index (κ2) is 5.97. The van der Waals surface area contributed by atoms with Crippen molar-refractivity contribution in [2.24, 2.45) is 0 Å². The monoisotopic (exact) mass is 282 g/mol. The predicted octanol–water partition coefficient (Wildman–Crippen LogP) is 1.97. The number of amides is 1. The zero-order chi connectivity index (χ0) is 14.7. The quantitative estimate of drug-likeness (QED) is 0.806. The van der Waals surface area contributed by atoms with Crippen LogP contribution in [-0.4, -0.2) is 17.6 Å². The molecule has 0 aliphatic carbocycles. The maximum atomic E-state index is 12.4. The van der Waals surface area contributed by atoms with Crippen LogP contribution in [-0.2, 0) is 19.5 Å². The lowest BCUT2D eigenvalue weighted by atomic mass is 9.95. The summed E-state index contributed by atoms with van der Waals surface area (Å²) < 4.78 is 0. The van der Waals surface area contributed by atoms with E-state index >= 15 is 0 Å². The van der Waals surface area contributed by atoms with E-state index in [9.17, 15) is 9.90 Å². The van der Waals surface area contributed by atoms with E-state index in [0.29, 0.717) is 6.54 Å². The molecule has 1 heterocycles. The van der Waals surface area contributed by atoms with Crippen LogP contribution in [0.25, 0.3) is 0 Å². The third-order valence-electron chi connectivity index (χ3n) is 3.77. The number of hydrogen-bond donors (Lipinski definition) is 3. The summed E-state index contributed by atoms with van der Waals surface area (Å²) in [7, 11) is 0. The van der Waals surface area contributed by atoms with Gasteiger partial charge in [-0.1, -0.05) is 24.3 Å². The van der Waals surface area contributed by atoms with Gasteiger partial charge in [0.15, 0.2) is 0 Å². The van der Waals surface area contributed by atoms with E-state index in [4.69, 9.17) is 0 Å². The van der Waals surface area contributed by atoms with Crippen molar-refractivity contribution in [1.82, 2.24) is 10.6 Å². The molecular weight excluding hydrogens is 264 g/mol. The van der Waals surface area contributed by atoms with E-state index in [1.54, 1.807) is 24.3 Å². The van der Waals surface area contributed by atoms with Gasteiger partial charge in [-0.05, 0) is 47.9 Å². The molecule has 0 radical (unpaired) electrons. The summed E-state index contributed by atoms with van der Waals surface area (Å²) in [5.74, 6) is 0.191. The number of carbonyl (C=O) groups excluding carboxylic acids is 1. The lowest BCUT2D eigenvalue weighted by Crippen LogP contribution is -2.29. The van der Waals surface area contributed by atoms with E-state index in [-0.39, 0.29) is 11.7 Å². The molecule has 4 nitrogen and oxygen atoms in total. The number of fused-ring (bicyclic) bond motifs is 1. The number of rotatable bonds is 3. The maximum absolute atomic E-state index is 12.4. The Labute approximate surface area is 123 Å². The Bertz CT molecular complexity index is 650. The highest BCUT2D eigenvalue weighted by atomic mass is 16.3. The SMILES string of the molecule is O=C(NCc1ccc(O)cc1)c1cccc2c1CCNC2. The van der Waals surface area contributed by atoms with Gasteiger partial charge in [0.1, 0.15) is 5.75 Å². The van der Waals surface area contributed by atoms with Crippen molar-refractivity contribution in [2.45, 2.75) is 19.5 Å². The molecule has 0 saturated carbocycles. The van der Waals surface area contributed by atoms with Crippen molar-refractivity contribution in [1.29, 1.82) is 0 Å². The number of carbonyl (C=O) groups is 1. The molecule has 3 rings (SSSR count). The zero-order valence-corrected chi connectivity index (χ0v) is 11.7. The highest BCUT2D eigenvalue weighted by Gasteiger charge is 2.16. The highest BCUT2D eigenvalue weighted by Crippen LogP contribution is 2.18. The van der Waals surface area contributed by atoms with Crippen molar-refractivity contribution in [3.63, 3.8) is 0 Å². The van der Waals surface area contributed by atoms with Crippen molar-refractivity contribution in [3.8, 4) is 5.75 Å². The molecule has 0 aromatic heterocycles. The molecule has 1 amide bonds. The summed E-state index contributed by atoms with van der Waals surface area (Å²) in [5.41, 5.74) is 4.10. The molecule has 0 atom stereocenters. The van der Waals surface area contributed by atoms with Crippen LogP contribution < -0.4 is 10.6 Å². The molecule has 0 bridgehead atoms. The predicted molar refractivity (Wildman–Crippen MR) is 81.1 cm³/mol. The second-order valence-electron chi connectivity index (χ2n) is 5.22. The summed E-state index contributed by atoms with van der Waals surface area (Å²) >= 11 is 0. The van der Waals surface area contributed by atoms with Gasteiger partial charge in [-0.3, -0.25) is 4.79 Å². The molecule has 0 saturated heterocycles. The van der Waals surface area contributed by atoms with Crippen LogP contribution in [0.5, 0.6) is 5.75 Å². The van der Waals surface area contributed by atoms with E-state index < -0.39 is 0 Å². The lowest BCUT2D eigenvalue weighted by Gasteiger charge is -2.20. The van der Waals surface area contributed by atoms with Gasteiger partial charge in [0.25, 0.3) is 5.91 Å². The minimum atomic E-state index is -0.0400. The Kier molecular flexibility index (Phi) is 3.88. The Balaban J connectivity index is 1.72. The molecule has 4 heteroatoms. The van der Waals surface area contributed by atoms with Gasteiger partial charge in [0.05, 0.1) is 0 Å². The van der Waals surface area contributed by atoms with Crippen molar-refractivity contribution < 1.29 is 9.90 Å². The largest absolute Gasteiger partial charge is 0.508 e. The van der Waals surface area contributed by atoms with Crippen LogP contribution in [0.15, 0.2) is 42.5 Å². The third kappa shape index (κ3) is 3.06. The Morgan fingerprint density at radius 1 is 1.19 bits per heavy atom. The molecule has 2 aromatic rings. The van der Waals surface area contributed by atoms with E-state index in [0.717, 1.165) is 36.2 Å². The average molecular weight is 282 g/mol. The van der Waals surface area contributed by atoms with Crippen LogP contribution >= 0.6 is 0 Å². The molecule has 108 valence electrons. The minimum absolute atomic E-state index is 0.0400. The molecular formula is C17H18N2O2. The fraction of sp³-hybridized carbons (Fsp3) is 0.235. The van der Waals surface area contributed by atoms with E-state index in [1.165, 1.54) is 5.56 Å². The number of phenols is 1. The molecule has 0 fully saturated rings. The van der Waals surface area contributed by atoms with Crippen molar-refractivity contribution in [2.75, 3.05) is 6.54 Å². The van der Waals surface area contributed by atoms with E-state index in [1.807, 2.05) is 12.1 Å². The first kappa shape index (κ1) is 13.6. The number of phenolic OH excluding ortho intramolecular Hbond substituents is 1. The maximum Gasteiger partial charge on any atom is 0.251 e. The molecule has 1 aliphatic rings. The standard InChI is InChI=1S/C17H18N2O2/c20-14-6-4-12(5-7-14)10-19-17(21)16-3-1-2-13-11-18-9-8-15(13)16/h1-7,18,20H,8-11H2,(H,19,21). The van der Waals surface area contributed by atoms with Gasteiger partial charge >= 0.3 is 0 Å². The normalized spacial score (nSPS) is 13.5. The first-order chi connectivity index (χ1) is 10.2. The molecule has 0 unspecified atom stereocenters. The van der Waals surface area contributed by atoms with Gasteiger partial charge in [0, 0.05) is 18.7 Å². The number of hydrogen-bond acceptors (Lipinski definition) is 3. The van der Waals surface area contributed by atoms with Gasteiger partial charge in [-0.25, -0.2) is 0 Å². The number of benzene rings is 2. The first-order valence-electron chi connectivity index (χ1n) is 7.11. The van der Waals surface area contributed by atoms with Crippen molar-refractivity contribution in [3.05, 3.63) is 64.7 Å². The topological polar surface area (TPSA) is 61.4 Å². The second-order valence-corrected chi connectivity index (χ2v) is 5.22. The van der Waals surface area contributed by atoms with Gasteiger partial charge < -0.3 is 15.7 Å². The lowest BCUT2D eigenvalue weighted by molar-refractivity contribution is 0.0949. The van der Waals surface area contributed by atoms with Gasteiger partial charge in [-0.2, -0.15) is 0 Å². The Morgan fingerprint density at radius 3 is 2.81 bits per heavy atom. The summed E-state index contributed by atoms with van der Waals surface area (Å²) in [6.45, 7) is 2.20. The Morgan fingerprint density at radius 2 is 2.00 bits per heavy atom. The van der Waals surface area contributed by atoms with Crippen LogP contribution in [0.4, 0.5) is 0 Å². The van der Waals surface area contributed by atoms with Crippen LogP contribution in [0.2, 0.25) is 0 Å². The number of nitrogens with one attached hydrogen (secondary N) is 2. The van der Waals surface area contributed by atoms with Crippen LogP contribution in [0, 0.1) is 0 Å². The fourth-order valence-corrected chi connectivity index (χ4v) is 2.64. The van der Waals surface area contributed by atoms with Gasteiger partial charge in [-0.15, -0.1) is 0 Å². The molecule has 0 spiro atoms. The average Bonchev–Trinajstić information content (AvgIpc) is 2.53. The summed E-state index contributed by atoms with van der Waals surface area (Å²) in [6.07, 6.45) is 0.887. The number of aromatic hydroxyl groups is 1. The zero-order valence-electron chi connectivity index (χ0n) is 11.7.